The molecule has 11 nitrogen and oxygen atoms in total. The van der Waals surface area contributed by atoms with Crippen molar-refractivity contribution in [2.24, 2.45) is 35.3 Å². The number of hydrogen-bond acceptors (Lipinski definition) is 10. The van der Waals surface area contributed by atoms with Gasteiger partial charge in [-0.3, -0.25) is 33.8 Å². The van der Waals surface area contributed by atoms with E-state index in [1.165, 1.54) is 30.9 Å². The van der Waals surface area contributed by atoms with Crippen LogP contribution in [0.3, 0.4) is 0 Å². The Morgan fingerprint density at radius 2 is 1.82 bits per heavy atom. The number of carbonyl (C=O) groups excluding carboxylic acids is 5. The van der Waals surface area contributed by atoms with E-state index in [0.29, 0.717) is 35.4 Å². The maximum atomic E-state index is 13.9. The first-order valence-electron chi connectivity index (χ1n) is 13.7. The number of rotatable bonds is 7. The van der Waals surface area contributed by atoms with Crippen LogP contribution in [0, 0.1) is 29.6 Å². The first-order chi connectivity index (χ1) is 18.7. The van der Waals surface area contributed by atoms with Crippen LogP contribution >= 0.6 is 0 Å². The Balaban J connectivity index is 1.58. The highest BCUT2D eigenvalue weighted by Crippen LogP contribution is 2.52. The quantitative estimate of drug-likeness (QED) is 0.393. The largest absolute Gasteiger partial charge is 0.507 e. The van der Waals surface area contributed by atoms with Gasteiger partial charge in [-0.05, 0) is 71.7 Å². The number of aromatic hydroxyl groups is 1. The molecule has 0 spiro atoms. The molecule has 1 amide bonds. The standard InChI is InChI=1S/C29H37N3O8/c1-12(13-6-7-13)32(4)11-15-10-18(33)20-16(25(15)40-5)8-14-9-17-22(31(2)3)24(35)21(28(30)38)27(37)29(17,39)26(36)19(14)23(20)34/h10,12-14,17,19,21-22,33,39H,6-9,11H2,1-5H3,(H2,30,38)/t12-,14+,17+,19?,21?,22+,29+/m1/s1. The molecule has 4 aliphatic rings. The van der Waals surface area contributed by atoms with E-state index in [0.717, 1.165) is 0 Å². The highest BCUT2D eigenvalue weighted by atomic mass is 16.5. The van der Waals surface area contributed by atoms with Crippen molar-refractivity contribution in [3.8, 4) is 11.5 Å². The van der Waals surface area contributed by atoms with Crippen LogP contribution < -0.4 is 10.5 Å². The fourth-order valence-electron chi connectivity index (χ4n) is 7.44. The summed E-state index contributed by atoms with van der Waals surface area (Å²) in [5, 5.41) is 22.7. The summed E-state index contributed by atoms with van der Waals surface area (Å²) in [4.78, 5) is 70.1. The first kappa shape index (κ1) is 28.4. The molecule has 4 N–H and O–H groups in total. The number of hydrogen-bond donors (Lipinski definition) is 3. The summed E-state index contributed by atoms with van der Waals surface area (Å²) in [5.41, 5.74) is 3.73. The van der Waals surface area contributed by atoms with Crippen LogP contribution in [-0.4, -0.2) is 95.0 Å². The molecule has 216 valence electrons. The van der Waals surface area contributed by atoms with Crippen LogP contribution in [0.25, 0.3) is 0 Å². The maximum absolute atomic E-state index is 13.9. The summed E-state index contributed by atoms with van der Waals surface area (Å²) in [6, 6.07) is 0.670. The highest BCUT2D eigenvalue weighted by molar-refractivity contribution is 6.32. The molecule has 4 aliphatic carbocycles. The SMILES string of the molecule is COc1c(CN(C)[C@H](C)C2CC2)cc(O)c2c1C[C@H]1C[C@H]3[C@H](N(C)C)C(=O)C(C(N)=O)C(=O)[C@@]3(O)C(=O)C1C2=O. The van der Waals surface area contributed by atoms with Gasteiger partial charge in [-0.15, -0.1) is 0 Å². The van der Waals surface area contributed by atoms with Gasteiger partial charge in [0.15, 0.2) is 34.7 Å². The summed E-state index contributed by atoms with van der Waals surface area (Å²) >= 11 is 0. The van der Waals surface area contributed by atoms with Gasteiger partial charge < -0.3 is 20.7 Å². The molecule has 1 aromatic rings. The second-order valence-electron chi connectivity index (χ2n) is 12.2. The summed E-state index contributed by atoms with van der Waals surface area (Å²) < 4.78 is 5.78. The number of aliphatic hydroxyl groups is 1. The number of ether oxygens (including phenoxy) is 1. The second kappa shape index (κ2) is 9.74. The first-order valence-corrected chi connectivity index (χ1v) is 13.7. The molecule has 3 saturated carbocycles. The summed E-state index contributed by atoms with van der Waals surface area (Å²) in [5.74, 6) is -9.54. The number of Topliss-reactive ketones (excluding diaryl/α,β-unsaturated/α-hetero) is 4. The molecule has 40 heavy (non-hydrogen) atoms. The van der Waals surface area contributed by atoms with E-state index >= 15 is 0 Å². The number of ketones is 4. The van der Waals surface area contributed by atoms with Gasteiger partial charge in [0, 0.05) is 29.6 Å². The minimum Gasteiger partial charge on any atom is -0.507 e. The van der Waals surface area contributed by atoms with Crippen LogP contribution in [0.15, 0.2) is 6.07 Å². The van der Waals surface area contributed by atoms with Crippen molar-refractivity contribution in [2.75, 3.05) is 28.3 Å². The van der Waals surface area contributed by atoms with Crippen LogP contribution in [0.1, 0.15) is 47.7 Å². The van der Waals surface area contributed by atoms with Crippen molar-refractivity contribution < 1.29 is 38.9 Å². The van der Waals surface area contributed by atoms with Gasteiger partial charge >= 0.3 is 0 Å². The third-order valence-corrected chi connectivity index (χ3v) is 9.71. The van der Waals surface area contributed by atoms with Crippen LogP contribution in [0.4, 0.5) is 0 Å². The van der Waals surface area contributed by atoms with E-state index in [-0.39, 0.29) is 24.2 Å². The lowest BCUT2D eigenvalue weighted by Crippen LogP contribution is -2.74. The molecule has 0 aliphatic heterocycles. The highest BCUT2D eigenvalue weighted by Gasteiger charge is 2.69. The van der Waals surface area contributed by atoms with E-state index in [2.05, 4.69) is 11.8 Å². The molecule has 7 atom stereocenters. The van der Waals surface area contributed by atoms with E-state index in [1.54, 1.807) is 14.1 Å². The van der Waals surface area contributed by atoms with Gasteiger partial charge in [-0.1, -0.05) is 0 Å². The third-order valence-electron chi connectivity index (χ3n) is 9.71. The number of benzene rings is 1. The number of amides is 1. The summed E-state index contributed by atoms with van der Waals surface area (Å²) in [7, 11) is 6.60. The number of phenols is 1. The number of nitrogens with zero attached hydrogens (tertiary/aromatic N) is 2. The molecular formula is C29H37N3O8. The summed E-state index contributed by atoms with van der Waals surface area (Å²) in [6.45, 7) is 2.63. The topological polar surface area (TPSA) is 168 Å². The number of primary amides is 1. The maximum Gasteiger partial charge on any atom is 0.235 e. The lowest BCUT2D eigenvalue weighted by Gasteiger charge is -2.52. The van der Waals surface area contributed by atoms with E-state index in [1.807, 2.05) is 7.05 Å². The van der Waals surface area contributed by atoms with Crippen LogP contribution in [0.5, 0.6) is 11.5 Å². The Morgan fingerprint density at radius 1 is 1.18 bits per heavy atom. The van der Waals surface area contributed by atoms with Crippen molar-refractivity contribution >= 4 is 29.0 Å². The molecule has 0 saturated heterocycles. The van der Waals surface area contributed by atoms with E-state index in [9.17, 15) is 34.2 Å². The average molecular weight is 556 g/mol. The van der Waals surface area contributed by atoms with Gasteiger partial charge in [-0.25, -0.2) is 0 Å². The molecule has 2 unspecified atom stereocenters. The van der Waals surface area contributed by atoms with Crippen molar-refractivity contribution in [3.63, 3.8) is 0 Å². The Bertz CT molecular complexity index is 1320. The lowest BCUT2D eigenvalue weighted by atomic mass is 9.52. The molecule has 0 heterocycles. The predicted molar refractivity (Wildman–Crippen MR) is 142 cm³/mol. The van der Waals surface area contributed by atoms with Crippen molar-refractivity contribution in [1.82, 2.24) is 9.80 Å². The zero-order chi connectivity index (χ0) is 29.4. The minimum absolute atomic E-state index is 0.00332. The van der Waals surface area contributed by atoms with Crippen molar-refractivity contribution in [3.05, 3.63) is 22.8 Å². The number of likely N-dealkylation sites (N-methyl/N-ethyl adjacent to an activating group) is 1. The molecule has 0 bridgehead atoms. The predicted octanol–water partition coefficient (Wildman–Crippen LogP) is 0.106. The van der Waals surface area contributed by atoms with Crippen LogP contribution in [0.2, 0.25) is 0 Å². The Kier molecular flexibility index (Phi) is 6.91. The van der Waals surface area contributed by atoms with Crippen molar-refractivity contribution in [2.45, 2.75) is 56.8 Å². The zero-order valence-electron chi connectivity index (χ0n) is 23.5. The van der Waals surface area contributed by atoms with Gasteiger partial charge in [-0.2, -0.15) is 0 Å². The van der Waals surface area contributed by atoms with Gasteiger partial charge in [0.05, 0.1) is 24.6 Å². The molecule has 3 fully saturated rings. The number of carbonyl (C=O) groups is 5. The third kappa shape index (κ3) is 4.01. The monoisotopic (exact) mass is 555 g/mol. The van der Waals surface area contributed by atoms with E-state index in [4.69, 9.17) is 10.5 Å². The van der Waals surface area contributed by atoms with Gasteiger partial charge in [0.25, 0.3) is 0 Å². The molecule has 1 aromatic carbocycles. The number of nitrogens with two attached hydrogens (primary N) is 1. The number of methoxy groups -OCH3 is 1. The molecular weight excluding hydrogens is 518 g/mol. The zero-order valence-corrected chi connectivity index (χ0v) is 23.5. The fourth-order valence-corrected chi connectivity index (χ4v) is 7.44. The van der Waals surface area contributed by atoms with E-state index < -0.39 is 64.4 Å². The Hall–Kier alpha value is -3.15. The molecule has 11 heteroatoms. The number of phenolic OH excluding ortho intramolecular Hbond substituents is 1. The minimum atomic E-state index is -2.74. The Labute approximate surface area is 232 Å². The molecule has 0 aromatic heterocycles. The molecule has 0 radical (unpaired) electrons. The van der Waals surface area contributed by atoms with Gasteiger partial charge in [0.2, 0.25) is 5.91 Å². The molecule has 5 rings (SSSR count). The van der Waals surface area contributed by atoms with Crippen molar-refractivity contribution in [1.29, 1.82) is 0 Å². The lowest BCUT2D eigenvalue weighted by molar-refractivity contribution is -0.181. The van der Waals surface area contributed by atoms with Gasteiger partial charge in [0.1, 0.15) is 11.5 Å². The normalized spacial score (nSPS) is 32.5. The smallest absolute Gasteiger partial charge is 0.235 e. The average Bonchev–Trinajstić information content (AvgIpc) is 3.71. The number of fused-ring (bicyclic) bond motifs is 3. The fraction of sp³-hybridized carbons (Fsp3) is 0.621. The Morgan fingerprint density at radius 3 is 2.38 bits per heavy atom. The van der Waals surface area contributed by atoms with Crippen LogP contribution in [-0.2, 0) is 32.1 Å². The second-order valence-corrected chi connectivity index (χ2v) is 12.2. The summed E-state index contributed by atoms with van der Waals surface area (Å²) in [6.07, 6.45) is 2.52.